The Labute approximate surface area is 138 Å². The van der Waals surface area contributed by atoms with Gasteiger partial charge in [-0.3, -0.25) is 0 Å². The Bertz CT molecular complexity index is 952. The molecule has 0 aliphatic rings. The van der Waals surface area contributed by atoms with Gasteiger partial charge in [-0.1, -0.05) is 17.2 Å². The molecule has 0 amide bonds. The Morgan fingerprint density at radius 1 is 1.17 bits per heavy atom. The van der Waals surface area contributed by atoms with Crippen LogP contribution in [0, 0.1) is 13.8 Å². The molecule has 9 heteroatoms. The van der Waals surface area contributed by atoms with Crippen molar-refractivity contribution in [2.75, 3.05) is 0 Å². The minimum absolute atomic E-state index is 0.00812. The highest BCUT2D eigenvalue weighted by Crippen LogP contribution is 2.28. The molecule has 0 unspecified atom stereocenters. The van der Waals surface area contributed by atoms with Gasteiger partial charge in [0.15, 0.2) is 11.5 Å². The lowest BCUT2D eigenvalue weighted by Gasteiger charge is -2.01. The summed E-state index contributed by atoms with van der Waals surface area (Å²) in [5, 5.41) is 7.43. The average molecular weight is 351 g/mol. The van der Waals surface area contributed by atoms with Crippen LogP contribution in [0.1, 0.15) is 29.6 Å². The second-order valence-corrected chi connectivity index (χ2v) is 7.00. The van der Waals surface area contributed by atoms with Gasteiger partial charge in [0.25, 0.3) is 10.0 Å². The molecule has 0 atom stereocenters. The quantitative estimate of drug-likeness (QED) is 0.726. The molecular weight excluding hydrogens is 334 g/mol. The van der Waals surface area contributed by atoms with Crippen molar-refractivity contribution in [1.29, 1.82) is 0 Å². The molecular formula is C15H17N3O5S. The van der Waals surface area contributed by atoms with Crippen LogP contribution in [-0.2, 0) is 23.0 Å². The van der Waals surface area contributed by atoms with E-state index in [0.717, 1.165) is 17.0 Å². The maximum atomic E-state index is 12.3. The summed E-state index contributed by atoms with van der Waals surface area (Å²) in [5.74, 6) is 1.15. The number of furan rings is 1. The average Bonchev–Trinajstić information content (AvgIpc) is 3.27. The van der Waals surface area contributed by atoms with E-state index in [2.05, 4.69) is 15.0 Å². The van der Waals surface area contributed by atoms with Gasteiger partial charge < -0.3 is 13.5 Å². The monoisotopic (exact) mass is 351 g/mol. The van der Waals surface area contributed by atoms with Crippen LogP contribution in [0.2, 0.25) is 0 Å². The largest absolute Gasteiger partial charge is 0.440 e. The number of rotatable bonds is 6. The maximum absolute atomic E-state index is 12.3. The highest BCUT2D eigenvalue weighted by molar-refractivity contribution is 7.89. The zero-order valence-corrected chi connectivity index (χ0v) is 14.3. The van der Waals surface area contributed by atoms with Crippen LogP contribution >= 0.6 is 0 Å². The lowest BCUT2D eigenvalue weighted by atomic mass is 10.2. The molecule has 3 rings (SSSR count). The molecule has 3 aromatic rings. The molecule has 0 fully saturated rings. The van der Waals surface area contributed by atoms with Crippen LogP contribution in [0.3, 0.4) is 0 Å². The first-order valence-corrected chi connectivity index (χ1v) is 8.86. The van der Waals surface area contributed by atoms with Gasteiger partial charge in [0.1, 0.15) is 0 Å². The fourth-order valence-electron chi connectivity index (χ4n) is 2.07. The number of hydrogen-bond acceptors (Lipinski definition) is 7. The molecule has 0 saturated heterocycles. The first kappa shape index (κ1) is 16.5. The molecule has 0 aromatic carbocycles. The molecule has 0 aliphatic carbocycles. The number of aromatic nitrogens is 2. The first-order chi connectivity index (χ1) is 11.4. The van der Waals surface area contributed by atoms with Crippen molar-refractivity contribution in [1.82, 2.24) is 15.0 Å². The third-order valence-electron chi connectivity index (χ3n) is 3.63. The normalized spacial score (nSPS) is 12.0. The SMILES string of the molecule is CCc1cc(CNS(=O)(=O)c2ccc(-c3onc(C)c3C)o2)on1. The van der Waals surface area contributed by atoms with Crippen molar-refractivity contribution in [3.05, 3.63) is 40.9 Å². The number of aryl methyl sites for hydroxylation is 2. The van der Waals surface area contributed by atoms with Gasteiger partial charge in [0.05, 0.1) is 17.9 Å². The maximum Gasteiger partial charge on any atom is 0.274 e. The van der Waals surface area contributed by atoms with Crippen molar-refractivity contribution in [3.8, 4) is 11.5 Å². The van der Waals surface area contributed by atoms with Crippen molar-refractivity contribution < 1.29 is 21.9 Å². The Balaban J connectivity index is 1.76. The van der Waals surface area contributed by atoms with Crippen molar-refractivity contribution in [2.45, 2.75) is 38.8 Å². The minimum Gasteiger partial charge on any atom is -0.440 e. The standard InChI is InChI=1S/C15H17N3O5S/c1-4-11-7-12(22-18-11)8-16-24(19,20)14-6-5-13(21-14)15-9(2)10(3)17-23-15/h5-7,16H,4,8H2,1-3H3. The van der Waals surface area contributed by atoms with E-state index < -0.39 is 10.0 Å². The van der Waals surface area contributed by atoms with Crippen LogP contribution in [0.4, 0.5) is 0 Å². The molecule has 1 N–H and O–H groups in total. The molecule has 0 saturated carbocycles. The van der Waals surface area contributed by atoms with Gasteiger partial charge in [-0.25, -0.2) is 13.1 Å². The van der Waals surface area contributed by atoms with E-state index in [1.54, 1.807) is 13.0 Å². The lowest BCUT2D eigenvalue weighted by Crippen LogP contribution is -2.22. The first-order valence-electron chi connectivity index (χ1n) is 7.38. The summed E-state index contributed by atoms with van der Waals surface area (Å²) in [6.45, 7) is 5.55. The third kappa shape index (κ3) is 3.13. The van der Waals surface area contributed by atoms with Gasteiger partial charge in [0, 0.05) is 11.6 Å². The van der Waals surface area contributed by atoms with Crippen molar-refractivity contribution >= 4 is 10.0 Å². The Kier molecular flexibility index (Phi) is 4.29. The van der Waals surface area contributed by atoms with Gasteiger partial charge in [-0.2, -0.15) is 0 Å². The molecule has 8 nitrogen and oxygen atoms in total. The molecule has 128 valence electrons. The van der Waals surface area contributed by atoms with Gasteiger partial charge in [0.2, 0.25) is 10.9 Å². The molecule has 0 bridgehead atoms. The fourth-order valence-corrected chi connectivity index (χ4v) is 3.00. The van der Waals surface area contributed by atoms with E-state index in [1.807, 2.05) is 13.8 Å². The van der Waals surface area contributed by atoms with Crippen molar-refractivity contribution in [3.63, 3.8) is 0 Å². The summed E-state index contributed by atoms with van der Waals surface area (Å²) in [5.41, 5.74) is 2.29. The fraction of sp³-hybridized carbons (Fsp3) is 0.333. The molecule has 0 radical (unpaired) electrons. The molecule has 0 spiro atoms. The van der Waals surface area contributed by atoms with E-state index >= 15 is 0 Å². The van der Waals surface area contributed by atoms with Crippen LogP contribution in [-0.4, -0.2) is 18.7 Å². The second-order valence-electron chi connectivity index (χ2n) is 5.30. The van der Waals surface area contributed by atoms with Crippen molar-refractivity contribution in [2.24, 2.45) is 0 Å². The van der Waals surface area contributed by atoms with E-state index in [0.29, 0.717) is 23.7 Å². The number of nitrogens with zero attached hydrogens (tertiary/aromatic N) is 2. The number of sulfonamides is 1. The van der Waals surface area contributed by atoms with Crippen LogP contribution in [0.5, 0.6) is 0 Å². The number of nitrogens with one attached hydrogen (secondary N) is 1. The molecule has 3 heterocycles. The highest BCUT2D eigenvalue weighted by Gasteiger charge is 2.22. The predicted octanol–water partition coefficient (Wildman–Crippen LogP) is 2.58. The van der Waals surface area contributed by atoms with E-state index in [4.69, 9.17) is 13.5 Å². The summed E-state index contributed by atoms with van der Waals surface area (Å²) >= 11 is 0. The summed E-state index contributed by atoms with van der Waals surface area (Å²) in [7, 11) is -3.82. The molecule has 3 aromatic heterocycles. The highest BCUT2D eigenvalue weighted by atomic mass is 32.2. The zero-order chi connectivity index (χ0) is 17.3. The smallest absolute Gasteiger partial charge is 0.274 e. The van der Waals surface area contributed by atoms with Crippen LogP contribution < -0.4 is 4.72 Å². The Hall–Kier alpha value is -2.39. The van der Waals surface area contributed by atoms with E-state index in [1.165, 1.54) is 12.1 Å². The second kappa shape index (κ2) is 6.25. The summed E-state index contributed by atoms with van der Waals surface area (Å²) < 4.78 is 42.7. The third-order valence-corrected chi connectivity index (χ3v) is 4.91. The molecule has 0 aliphatic heterocycles. The number of hydrogen-bond donors (Lipinski definition) is 1. The Morgan fingerprint density at radius 2 is 1.96 bits per heavy atom. The summed E-state index contributed by atoms with van der Waals surface area (Å²) in [6, 6.07) is 4.61. The van der Waals surface area contributed by atoms with E-state index in [9.17, 15) is 8.42 Å². The minimum atomic E-state index is -3.82. The Morgan fingerprint density at radius 3 is 2.58 bits per heavy atom. The lowest BCUT2D eigenvalue weighted by molar-refractivity contribution is 0.373. The zero-order valence-electron chi connectivity index (χ0n) is 13.5. The summed E-state index contributed by atoms with van der Waals surface area (Å²) in [4.78, 5) is 0. The summed E-state index contributed by atoms with van der Waals surface area (Å²) in [6.07, 6.45) is 0.716. The van der Waals surface area contributed by atoms with E-state index in [-0.39, 0.29) is 11.6 Å². The predicted molar refractivity (Wildman–Crippen MR) is 83.6 cm³/mol. The van der Waals surface area contributed by atoms with Crippen LogP contribution in [0.15, 0.2) is 36.8 Å². The van der Waals surface area contributed by atoms with Gasteiger partial charge in [-0.05, 0) is 32.4 Å². The molecule has 24 heavy (non-hydrogen) atoms. The van der Waals surface area contributed by atoms with Gasteiger partial charge >= 0.3 is 0 Å². The topological polar surface area (TPSA) is 111 Å². The van der Waals surface area contributed by atoms with Crippen LogP contribution in [0.25, 0.3) is 11.5 Å². The van der Waals surface area contributed by atoms with Gasteiger partial charge in [-0.15, -0.1) is 0 Å².